The number of pyridine rings is 1. The Kier molecular flexibility index (Phi) is 5.10. The van der Waals surface area contributed by atoms with E-state index in [2.05, 4.69) is 4.98 Å². The molecule has 1 radical (unpaired) electrons. The predicted molar refractivity (Wildman–Crippen MR) is 72.6 cm³/mol. The molecule has 0 fully saturated rings. The van der Waals surface area contributed by atoms with Crippen molar-refractivity contribution in [1.82, 2.24) is 4.98 Å². The van der Waals surface area contributed by atoms with E-state index in [9.17, 15) is 13.9 Å². The van der Waals surface area contributed by atoms with Crippen LogP contribution in [0.25, 0.3) is 0 Å². The van der Waals surface area contributed by atoms with E-state index in [0.717, 1.165) is 0 Å². The first-order valence-electron chi connectivity index (χ1n) is 6.14. The monoisotopic (exact) mass is 286 g/mol. The molecule has 0 spiro atoms. The quantitative estimate of drug-likeness (QED) is 0.811. The normalized spacial score (nSPS) is 12.7. The van der Waals surface area contributed by atoms with Gasteiger partial charge in [-0.1, -0.05) is 0 Å². The molecule has 111 valence electrons. The van der Waals surface area contributed by atoms with Gasteiger partial charge in [0.05, 0.1) is 24.5 Å². The smallest absolute Gasteiger partial charge is 0.334 e. The molecule has 0 saturated heterocycles. The highest BCUT2D eigenvalue weighted by Gasteiger charge is 2.36. The van der Waals surface area contributed by atoms with Gasteiger partial charge in [0.15, 0.2) is 0 Å². The Morgan fingerprint density at radius 3 is 2.35 bits per heavy atom. The largest absolute Gasteiger partial charge is 0.496 e. The molecule has 0 amide bonds. The van der Waals surface area contributed by atoms with Crippen molar-refractivity contribution in [2.24, 2.45) is 0 Å². The van der Waals surface area contributed by atoms with Crippen LogP contribution in [0.1, 0.15) is 39.8 Å². The Morgan fingerprint density at radius 1 is 1.30 bits per heavy atom. The van der Waals surface area contributed by atoms with E-state index in [1.165, 1.54) is 26.9 Å². The first kappa shape index (κ1) is 16.8. The maximum absolute atomic E-state index is 12.6. The van der Waals surface area contributed by atoms with Crippen molar-refractivity contribution in [1.29, 1.82) is 0 Å². The molecule has 1 N–H and O–H groups in total. The van der Waals surface area contributed by atoms with Gasteiger partial charge in [-0.2, -0.15) is 0 Å². The van der Waals surface area contributed by atoms with Gasteiger partial charge in [-0.3, -0.25) is 4.98 Å². The summed E-state index contributed by atoms with van der Waals surface area (Å²) in [5.74, 6) is 0.320. The van der Waals surface area contributed by atoms with Crippen LogP contribution in [0.15, 0.2) is 12.3 Å². The van der Waals surface area contributed by atoms with Crippen molar-refractivity contribution in [2.75, 3.05) is 7.11 Å². The van der Waals surface area contributed by atoms with Crippen molar-refractivity contribution >= 4 is 12.9 Å². The highest BCUT2D eigenvalue weighted by atomic mass is 19.3. The Bertz CT molecular complexity index is 461. The van der Waals surface area contributed by atoms with Crippen LogP contribution < -0.4 is 10.2 Å². The molecule has 1 heterocycles. The molecule has 1 rings (SSSR count). The Labute approximate surface area is 118 Å². The number of hydrogen-bond acceptors (Lipinski definition) is 4. The van der Waals surface area contributed by atoms with Gasteiger partial charge in [0, 0.05) is 0 Å². The molecule has 1 aromatic rings. The van der Waals surface area contributed by atoms with E-state index in [4.69, 9.17) is 9.39 Å². The Hall–Kier alpha value is -1.21. The summed E-state index contributed by atoms with van der Waals surface area (Å²) >= 11 is 0. The molecule has 0 aliphatic carbocycles. The van der Waals surface area contributed by atoms with Crippen LogP contribution >= 0.6 is 0 Å². The minimum atomic E-state index is -2.67. The number of nitrogens with zero attached hydrogens (tertiary/aromatic N) is 1. The van der Waals surface area contributed by atoms with Crippen molar-refractivity contribution in [3.8, 4) is 5.75 Å². The number of aliphatic hydroxyl groups is 1. The van der Waals surface area contributed by atoms with Gasteiger partial charge in [-0.15, -0.1) is 0 Å². The van der Waals surface area contributed by atoms with E-state index < -0.39 is 17.6 Å². The average molecular weight is 286 g/mol. The van der Waals surface area contributed by atoms with Gasteiger partial charge < -0.3 is 14.5 Å². The summed E-state index contributed by atoms with van der Waals surface area (Å²) in [6.45, 7) is 6.61. The summed E-state index contributed by atoms with van der Waals surface area (Å²) in [6.07, 6.45) is -1.45. The topological polar surface area (TPSA) is 51.6 Å². The molecule has 0 aliphatic heterocycles. The van der Waals surface area contributed by atoms with Crippen molar-refractivity contribution < 1.29 is 23.3 Å². The van der Waals surface area contributed by atoms with Gasteiger partial charge in [0.2, 0.25) is 0 Å². The second-order valence-electron chi connectivity index (χ2n) is 5.46. The Balaban J connectivity index is 2.94. The van der Waals surface area contributed by atoms with E-state index in [0.29, 0.717) is 11.2 Å². The third kappa shape index (κ3) is 3.90. The van der Waals surface area contributed by atoms with Crippen LogP contribution in [0, 0.1) is 0 Å². The van der Waals surface area contributed by atoms with E-state index in [1.807, 2.05) is 0 Å². The number of alkyl halides is 2. The molecule has 0 unspecified atom stereocenters. The van der Waals surface area contributed by atoms with Gasteiger partial charge in [0.1, 0.15) is 11.4 Å². The van der Waals surface area contributed by atoms with Gasteiger partial charge in [-0.25, -0.2) is 8.78 Å². The van der Waals surface area contributed by atoms with E-state index >= 15 is 0 Å². The number of ether oxygens (including phenoxy) is 1. The fourth-order valence-electron chi connectivity index (χ4n) is 1.21. The molecular formula is C13H19BF2NO3. The number of hydrogen-bond donors (Lipinski definition) is 1. The van der Waals surface area contributed by atoms with Crippen molar-refractivity contribution in [3.63, 3.8) is 0 Å². The van der Waals surface area contributed by atoms with Crippen LogP contribution in [0.2, 0.25) is 0 Å². The maximum Gasteiger partial charge on any atom is 0.334 e. The zero-order valence-corrected chi connectivity index (χ0v) is 12.3. The van der Waals surface area contributed by atoms with Crippen LogP contribution in [0.3, 0.4) is 0 Å². The van der Waals surface area contributed by atoms with Crippen LogP contribution in [-0.4, -0.2) is 35.9 Å². The lowest BCUT2D eigenvalue weighted by Crippen LogP contribution is -2.49. The predicted octanol–water partition coefficient (Wildman–Crippen LogP) is 1.84. The van der Waals surface area contributed by atoms with Gasteiger partial charge in [0.25, 0.3) is 6.43 Å². The van der Waals surface area contributed by atoms with Crippen LogP contribution in [-0.2, 0) is 4.65 Å². The first-order valence-corrected chi connectivity index (χ1v) is 6.14. The third-order valence-corrected chi connectivity index (χ3v) is 3.32. The number of methoxy groups -OCH3 is 1. The molecule has 1 aromatic heterocycles. The summed E-state index contributed by atoms with van der Waals surface area (Å²) in [7, 11) is 2.71. The molecule has 20 heavy (non-hydrogen) atoms. The average Bonchev–Trinajstić information content (AvgIpc) is 2.34. The van der Waals surface area contributed by atoms with Gasteiger partial charge >= 0.3 is 7.48 Å². The molecule has 0 bridgehead atoms. The number of rotatable bonds is 6. The summed E-state index contributed by atoms with van der Waals surface area (Å²) in [5.41, 5.74) is -2.02. The second kappa shape index (κ2) is 6.05. The zero-order valence-electron chi connectivity index (χ0n) is 12.3. The fraction of sp³-hybridized carbons (Fsp3) is 0.615. The maximum atomic E-state index is 12.6. The van der Waals surface area contributed by atoms with Crippen molar-refractivity contribution in [3.05, 3.63) is 18.0 Å². The lowest BCUT2D eigenvalue weighted by Gasteiger charge is -2.37. The molecule has 0 atom stereocenters. The number of aromatic nitrogens is 1. The first-order chi connectivity index (χ1) is 9.08. The van der Waals surface area contributed by atoms with E-state index in [-0.39, 0.29) is 5.69 Å². The highest BCUT2D eigenvalue weighted by molar-refractivity contribution is 6.48. The third-order valence-electron chi connectivity index (χ3n) is 3.32. The molecule has 4 nitrogen and oxygen atoms in total. The minimum Gasteiger partial charge on any atom is -0.496 e. The zero-order chi connectivity index (χ0) is 15.6. The Morgan fingerprint density at radius 2 is 1.90 bits per heavy atom. The van der Waals surface area contributed by atoms with Crippen molar-refractivity contribution in [2.45, 2.75) is 45.3 Å². The molecule has 0 aliphatic rings. The highest BCUT2D eigenvalue weighted by Crippen LogP contribution is 2.25. The number of halogens is 2. The summed E-state index contributed by atoms with van der Waals surface area (Å²) < 4.78 is 35.9. The summed E-state index contributed by atoms with van der Waals surface area (Å²) in [6, 6.07) is 1.20. The standard InChI is InChI=1S/C13H19BF2NO3/c1-12(2,18)13(3,4)20-14-8-6-9(11(15)16)17-7-10(8)19-5/h6-7,11,18H,1-5H3. The summed E-state index contributed by atoms with van der Waals surface area (Å²) in [5, 5.41) is 9.98. The fourth-order valence-corrected chi connectivity index (χ4v) is 1.21. The SMILES string of the molecule is COc1cnc(C(F)F)cc1[B]OC(C)(C)C(C)(C)O. The molecule has 7 heteroatoms. The van der Waals surface area contributed by atoms with Crippen LogP contribution in [0.4, 0.5) is 8.78 Å². The minimum absolute atomic E-state index is 0.320. The lowest BCUT2D eigenvalue weighted by molar-refractivity contribution is -0.0893. The van der Waals surface area contributed by atoms with E-state index in [1.54, 1.807) is 27.7 Å². The van der Waals surface area contributed by atoms with Gasteiger partial charge in [-0.05, 0) is 39.2 Å². The molecule has 0 aromatic carbocycles. The molecular weight excluding hydrogens is 267 g/mol. The second-order valence-corrected chi connectivity index (χ2v) is 5.46. The lowest BCUT2D eigenvalue weighted by atomic mass is 9.82. The van der Waals surface area contributed by atoms with Crippen LogP contribution in [0.5, 0.6) is 5.75 Å². The molecule has 0 saturated carbocycles. The summed E-state index contributed by atoms with van der Waals surface area (Å²) in [4.78, 5) is 3.60.